The van der Waals surface area contributed by atoms with Crippen LogP contribution in [0.2, 0.25) is 0 Å². The number of rotatable bonds is 4. The number of ether oxygens (including phenoxy) is 1. The molecule has 108 valence electrons. The van der Waals surface area contributed by atoms with E-state index in [1.165, 1.54) is 9.08 Å². The fraction of sp³-hybridized carbons (Fsp3) is 0.200. The average Bonchev–Trinajstić information content (AvgIpc) is 2.84. The fourth-order valence-corrected chi connectivity index (χ4v) is 2.21. The van der Waals surface area contributed by atoms with Gasteiger partial charge in [0.1, 0.15) is 5.75 Å². The van der Waals surface area contributed by atoms with E-state index < -0.39 is 6.10 Å². The van der Waals surface area contributed by atoms with Crippen LogP contribution in [0.25, 0.3) is 5.65 Å². The molecule has 1 atom stereocenters. The van der Waals surface area contributed by atoms with Gasteiger partial charge >= 0.3 is 5.69 Å². The monoisotopic (exact) mass is 285 g/mol. The number of benzene rings is 1. The normalized spacial score (nSPS) is 12.5. The predicted octanol–water partition coefficient (Wildman–Crippen LogP) is 1.24. The van der Waals surface area contributed by atoms with Crippen LogP contribution in [-0.2, 0) is 6.54 Å². The molecule has 0 spiro atoms. The average molecular weight is 285 g/mol. The second-order valence-electron chi connectivity index (χ2n) is 4.69. The molecular formula is C15H15N3O3. The summed E-state index contributed by atoms with van der Waals surface area (Å²) in [7, 11) is 1.57. The molecule has 3 rings (SSSR count). The van der Waals surface area contributed by atoms with Crippen molar-refractivity contribution in [3.63, 3.8) is 0 Å². The molecule has 0 saturated carbocycles. The summed E-state index contributed by atoms with van der Waals surface area (Å²) in [5.74, 6) is 0.661. The van der Waals surface area contributed by atoms with Crippen molar-refractivity contribution in [3.8, 4) is 5.75 Å². The molecule has 0 radical (unpaired) electrons. The van der Waals surface area contributed by atoms with Gasteiger partial charge in [-0.2, -0.15) is 0 Å². The molecule has 0 fully saturated rings. The molecule has 1 aromatic carbocycles. The van der Waals surface area contributed by atoms with Crippen LogP contribution < -0.4 is 10.4 Å². The van der Waals surface area contributed by atoms with Gasteiger partial charge in [-0.3, -0.25) is 4.40 Å². The Morgan fingerprint density at radius 2 is 2.14 bits per heavy atom. The highest BCUT2D eigenvalue weighted by Gasteiger charge is 2.13. The number of aliphatic hydroxyl groups is 1. The second kappa shape index (κ2) is 5.41. The molecule has 6 heteroatoms. The number of fused-ring (bicyclic) bond motifs is 1. The van der Waals surface area contributed by atoms with Crippen molar-refractivity contribution in [3.05, 3.63) is 64.7 Å². The maximum Gasteiger partial charge on any atom is 0.350 e. The van der Waals surface area contributed by atoms with Gasteiger partial charge in [0.25, 0.3) is 0 Å². The highest BCUT2D eigenvalue weighted by atomic mass is 16.5. The summed E-state index contributed by atoms with van der Waals surface area (Å²) < 4.78 is 7.83. The van der Waals surface area contributed by atoms with Crippen molar-refractivity contribution in [1.82, 2.24) is 14.2 Å². The molecular weight excluding hydrogens is 270 g/mol. The Morgan fingerprint density at radius 1 is 1.29 bits per heavy atom. The summed E-state index contributed by atoms with van der Waals surface area (Å²) in [5, 5.41) is 14.5. The third-order valence-electron chi connectivity index (χ3n) is 3.31. The Kier molecular flexibility index (Phi) is 3.45. The second-order valence-corrected chi connectivity index (χ2v) is 4.69. The summed E-state index contributed by atoms with van der Waals surface area (Å²) in [4.78, 5) is 12.1. The minimum absolute atomic E-state index is 0.0910. The molecule has 2 aromatic heterocycles. The Balaban J connectivity index is 1.90. The van der Waals surface area contributed by atoms with Crippen molar-refractivity contribution in [2.45, 2.75) is 12.6 Å². The largest absolute Gasteiger partial charge is 0.497 e. The van der Waals surface area contributed by atoms with Crippen LogP contribution in [0.3, 0.4) is 0 Å². The van der Waals surface area contributed by atoms with E-state index in [1.807, 2.05) is 6.07 Å². The maximum atomic E-state index is 12.1. The Hall–Kier alpha value is -2.60. The van der Waals surface area contributed by atoms with E-state index in [2.05, 4.69) is 5.10 Å². The van der Waals surface area contributed by atoms with E-state index in [9.17, 15) is 9.90 Å². The van der Waals surface area contributed by atoms with Crippen LogP contribution >= 0.6 is 0 Å². The van der Waals surface area contributed by atoms with Crippen LogP contribution in [-0.4, -0.2) is 26.4 Å². The van der Waals surface area contributed by atoms with Crippen LogP contribution in [0.15, 0.2) is 53.5 Å². The van der Waals surface area contributed by atoms with Gasteiger partial charge in [0.2, 0.25) is 0 Å². The number of methoxy groups -OCH3 is 1. The number of hydrogen-bond acceptors (Lipinski definition) is 4. The van der Waals surface area contributed by atoms with Crippen LogP contribution in [0.1, 0.15) is 11.7 Å². The van der Waals surface area contributed by atoms with Crippen molar-refractivity contribution >= 4 is 5.65 Å². The van der Waals surface area contributed by atoms with E-state index in [-0.39, 0.29) is 12.2 Å². The van der Waals surface area contributed by atoms with Crippen molar-refractivity contribution in [1.29, 1.82) is 0 Å². The molecule has 0 aliphatic carbocycles. The molecule has 0 saturated heterocycles. The van der Waals surface area contributed by atoms with Gasteiger partial charge < -0.3 is 9.84 Å². The first-order valence-corrected chi connectivity index (χ1v) is 6.55. The Labute approximate surface area is 120 Å². The van der Waals surface area contributed by atoms with Gasteiger partial charge in [0.15, 0.2) is 5.65 Å². The molecule has 0 aliphatic heterocycles. The molecule has 1 N–H and O–H groups in total. The van der Waals surface area contributed by atoms with E-state index in [0.717, 1.165) is 0 Å². The zero-order valence-corrected chi connectivity index (χ0v) is 11.5. The molecule has 0 amide bonds. The third kappa shape index (κ3) is 2.53. The maximum absolute atomic E-state index is 12.1. The Bertz CT molecular complexity index is 822. The minimum Gasteiger partial charge on any atom is -0.497 e. The number of pyridine rings is 1. The van der Waals surface area contributed by atoms with E-state index >= 15 is 0 Å². The summed E-state index contributed by atoms with van der Waals surface area (Å²) in [6, 6.07) is 12.4. The van der Waals surface area contributed by atoms with Gasteiger partial charge in [-0.15, -0.1) is 5.10 Å². The molecule has 21 heavy (non-hydrogen) atoms. The lowest BCUT2D eigenvalue weighted by molar-refractivity contribution is 0.149. The van der Waals surface area contributed by atoms with Gasteiger partial charge in [0, 0.05) is 6.20 Å². The lowest BCUT2D eigenvalue weighted by atomic mass is 10.1. The summed E-state index contributed by atoms with van der Waals surface area (Å²) in [6.07, 6.45) is 0.821. The van der Waals surface area contributed by atoms with Crippen molar-refractivity contribution < 1.29 is 9.84 Å². The third-order valence-corrected chi connectivity index (χ3v) is 3.31. The van der Waals surface area contributed by atoms with Crippen LogP contribution in [0.5, 0.6) is 5.75 Å². The lowest BCUT2D eigenvalue weighted by Crippen LogP contribution is -2.24. The van der Waals surface area contributed by atoms with E-state index in [0.29, 0.717) is 17.0 Å². The molecule has 6 nitrogen and oxygen atoms in total. The quantitative estimate of drug-likeness (QED) is 0.783. The summed E-state index contributed by atoms with van der Waals surface area (Å²) in [5.41, 5.74) is 0.964. The molecule has 2 heterocycles. The number of aliphatic hydroxyl groups excluding tert-OH is 1. The number of hydrogen-bond donors (Lipinski definition) is 1. The molecule has 0 bridgehead atoms. The fourth-order valence-electron chi connectivity index (χ4n) is 2.21. The van der Waals surface area contributed by atoms with Crippen LogP contribution in [0, 0.1) is 0 Å². The summed E-state index contributed by atoms with van der Waals surface area (Å²) in [6.45, 7) is 0.0910. The zero-order chi connectivity index (χ0) is 14.8. The standard InChI is InChI=1S/C15H15N3O3/c1-21-12-6-4-5-11(9-12)13(19)10-18-15(20)17-8-3-2-7-14(17)16-18/h2-9,13,19H,10H2,1H3. The molecule has 3 aromatic rings. The van der Waals surface area contributed by atoms with Crippen molar-refractivity contribution in [2.24, 2.45) is 0 Å². The number of nitrogens with zero attached hydrogens (tertiary/aromatic N) is 3. The first-order chi connectivity index (χ1) is 10.2. The zero-order valence-electron chi connectivity index (χ0n) is 11.5. The first-order valence-electron chi connectivity index (χ1n) is 6.55. The van der Waals surface area contributed by atoms with Crippen LogP contribution in [0.4, 0.5) is 0 Å². The summed E-state index contributed by atoms with van der Waals surface area (Å²) >= 11 is 0. The molecule has 0 aliphatic rings. The predicted molar refractivity (Wildman–Crippen MR) is 77.4 cm³/mol. The highest BCUT2D eigenvalue weighted by Crippen LogP contribution is 2.19. The minimum atomic E-state index is -0.831. The van der Waals surface area contributed by atoms with Crippen molar-refractivity contribution in [2.75, 3.05) is 7.11 Å². The van der Waals surface area contributed by atoms with E-state index in [4.69, 9.17) is 4.74 Å². The smallest absolute Gasteiger partial charge is 0.350 e. The highest BCUT2D eigenvalue weighted by molar-refractivity contribution is 5.35. The van der Waals surface area contributed by atoms with Gasteiger partial charge in [-0.1, -0.05) is 18.2 Å². The molecule has 1 unspecified atom stereocenters. The van der Waals surface area contributed by atoms with Gasteiger partial charge in [-0.05, 0) is 29.8 Å². The van der Waals surface area contributed by atoms with Gasteiger partial charge in [0.05, 0.1) is 19.8 Å². The first kappa shape index (κ1) is 13.4. The SMILES string of the molecule is COc1cccc(C(O)Cn2nc3ccccn3c2=O)c1. The van der Waals surface area contributed by atoms with E-state index in [1.54, 1.807) is 49.7 Å². The Morgan fingerprint density at radius 3 is 2.90 bits per heavy atom. The lowest BCUT2D eigenvalue weighted by Gasteiger charge is -2.11. The topological polar surface area (TPSA) is 68.8 Å². The number of aromatic nitrogens is 3. The van der Waals surface area contributed by atoms with Gasteiger partial charge in [-0.25, -0.2) is 9.48 Å².